The quantitative estimate of drug-likeness (QED) is 0.512. The van der Waals surface area contributed by atoms with Gasteiger partial charge in [-0.05, 0) is 37.3 Å². The summed E-state index contributed by atoms with van der Waals surface area (Å²) in [5.41, 5.74) is 1.20. The Hall–Kier alpha value is -2.52. The summed E-state index contributed by atoms with van der Waals surface area (Å²) in [7, 11) is 1.56. The summed E-state index contributed by atoms with van der Waals surface area (Å²) in [5, 5.41) is 22.0. The molecule has 0 saturated carbocycles. The Bertz CT molecular complexity index is 993. The van der Waals surface area contributed by atoms with Crippen LogP contribution in [0.3, 0.4) is 0 Å². The van der Waals surface area contributed by atoms with E-state index in [0.29, 0.717) is 34.5 Å². The molecular formula is C19H19BrN4O3S. The van der Waals surface area contributed by atoms with Crippen molar-refractivity contribution in [3.05, 3.63) is 46.9 Å². The number of rotatable bonds is 7. The number of thioether (sulfide) groups is 1. The van der Waals surface area contributed by atoms with Crippen LogP contribution in [-0.4, -0.2) is 38.6 Å². The molecule has 1 amide bonds. The number of hydrogen-bond donors (Lipinski definition) is 2. The minimum absolute atomic E-state index is 0.121. The van der Waals surface area contributed by atoms with E-state index in [1.54, 1.807) is 37.4 Å². The summed E-state index contributed by atoms with van der Waals surface area (Å²) in [6.07, 6.45) is 0. The number of hydrogen-bond acceptors (Lipinski definition) is 6. The van der Waals surface area contributed by atoms with Crippen molar-refractivity contribution in [3.8, 4) is 22.9 Å². The minimum atomic E-state index is -0.174. The summed E-state index contributed by atoms with van der Waals surface area (Å²) in [6.45, 7) is 2.56. The average Bonchev–Trinajstić information content (AvgIpc) is 3.11. The lowest BCUT2D eigenvalue weighted by atomic mass is 10.2. The van der Waals surface area contributed by atoms with Gasteiger partial charge >= 0.3 is 0 Å². The zero-order chi connectivity index (χ0) is 20.1. The molecule has 0 aliphatic carbocycles. The Labute approximate surface area is 175 Å². The number of halogens is 1. The van der Waals surface area contributed by atoms with Crippen molar-refractivity contribution in [2.75, 3.05) is 18.2 Å². The van der Waals surface area contributed by atoms with Crippen LogP contribution in [0.4, 0.5) is 5.69 Å². The summed E-state index contributed by atoms with van der Waals surface area (Å²) in [6, 6.07) is 12.4. The van der Waals surface area contributed by atoms with Crippen molar-refractivity contribution in [2.24, 2.45) is 0 Å². The number of carbonyl (C=O) groups is 1. The van der Waals surface area contributed by atoms with Gasteiger partial charge in [-0.2, -0.15) is 0 Å². The fourth-order valence-electron chi connectivity index (χ4n) is 2.63. The second-order valence-corrected chi connectivity index (χ2v) is 7.61. The van der Waals surface area contributed by atoms with E-state index in [1.165, 1.54) is 11.8 Å². The van der Waals surface area contributed by atoms with Crippen molar-refractivity contribution in [2.45, 2.75) is 18.6 Å². The van der Waals surface area contributed by atoms with Gasteiger partial charge in [0, 0.05) is 11.0 Å². The van der Waals surface area contributed by atoms with Crippen LogP contribution >= 0.6 is 27.7 Å². The van der Waals surface area contributed by atoms with Crippen LogP contribution in [-0.2, 0) is 11.3 Å². The van der Waals surface area contributed by atoms with E-state index in [0.717, 1.165) is 4.47 Å². The molecule has 0 bridgehead atoms. The first-order valence-corrected chi connectivity index (χ1v) is 10.3. The molecule has 7 nitrogen and oxygen atoms in total. The number of nitrogens with zero attached hydrogens (tertiary/aromatic N) is 3. The fourth-order valence-corrected chi connectivity index (χ4v) is 3.79. The Kier molecular flexibility index (Phi) is 6.58. The van der Waals surface area contributed by atoms with E-state index in [4.69, 9.17) is 4.74 Å². The largest absolute Gasteiger partial charge is 0.507 e. The molecule has 0 fully saturated rings. The maximum atomic E-state index is 12.3. The summed E-state index contributed by atoms with van der Waals surface area (Å²) in [4.78, 5) is 12.3. The third-order valence-corrected chi connectivity index (χ3v) is 5.41. The third kappa shape index (κ3) is 4.48. The van der Waals surface area contributed by atoms with Crippen LogP contribution < -0.4 is 10.1 Å². The first-order chi connectivity index (χ1) is 13.5. The lowest BCUT2D eigenvalue weighted by molar-refractivity contribution is -0.113. The third-order valence-electron chi connectivity index (χ3n) is 3.95. The van der Waals surface area contributed by atoms with Gasteiger partial charge in [-0.25, -0.2) is 0 Å². The summed E-state index contributed by atoms with van der Waals surface area (Å²) >= 11 is 4.68. The number of anilines is 1. The Balaban J connectivity index is 1.74. The summed E-state index contributed by atoms with van der Waals surface area (Å²) in [5.74, 6) is 1.27. The first kappa shape index (κ1) is 20.2. The maximum absolute atomic E-state index is 12.3. The van der Waals surface area contributed by atoms with Gasteiger partial charge in [0.1, 0.15) is 11.5 Å². The predicted molar refractivity (Wildman–Crippen MR) is 113 cm³/mol. The predicted octanol–water partition coefficient (Wildman–Crippen LogP) is 4.17. The van der Waals surface area contributed by atoms with Gasteiger partial charge in [-0.1, -0.05) is 39.8 Å². The molecule has 1 heterocycles. The average molecular weight is 463 g/mol. The smallest absolute Gasteiger partial charge is 0.234 e. The van der Waals surface area contributed by atoms with Gasteiger partial charge in [0.2, 0.25) is 5.91 Å². The molecular weight excluding hydrogens is 444 g/mol. The Morgan fingerprint density at radius 1 is 1.29 bits per heavy atom. The van der Waals surface area contributed by atoms with Gasteiger partial charge in [-0.15, -0.1) is 10.2 Å². The number of para-hydroxylation sites is 2. The van der Waals surface area contributed by atoms with Crippen LogP contribution in [0.1, 0.15) is 6.92 Å². The molecule has 2 N–H and O–H groups in total. The number of aromatic nitrogens is 3. The van der Waals surface area contributed by atoms with Crippen molar-refractivity contribution in [3.63, 3.8) is 0 Å². The van der Waals surface area contributed by atoms with Gasteiger partial charge in [0.05, 0.1) is 24.1 Å². The molecule has 3 rings (SSSR count). The molecule has 0 atom stereocenters. The topological polar surface area (TPSA) is 89.3 Å². The fraction of sp³-hybridized carbons (Fsp3) is 0.211. The molecule has 0 saturated heterocycles. The van der Waals surface area contributed by atoms with E-state index in [1.807, 2.05) is 23.6 Å². The molecule has 9 heteroatoms. The number of amides is 1. The van der Waals surface area contributed by atoms with E-state index >= 15 is 0 Å². The second-order valence-electron chi connectivity index (χ2n) is 5.75. The van der Waals surface area contributed by atoms with Gasteiger partial charge in [0.25, 0.3) is 0 Å². The van der Waals surface area contributed by atoms with E-state index in [2.05, 4.69) is 31.4 Å². The number of phenols is 1. The molecule has 0 radical (unpaired) electrons. The van der Waals surface area contributed by atoms with Crippen molar-refractivity contribution >= 4 is 39.3 Å². The lowest BCUT2D eigenvalue weighted by Gasteiger charge is -2.10. The minimum Gasteiger partial charge on any atom is -0.507 e. The van der Waals surface area contributed by atoms with Gasteiger partial charge in [0.15, 0.2) is 11.0 Å². The molecule has 0 spiro atoms. The van der Waals surface area contributed by atoms with Gasteiger partial charge < -0.3 is 19.7 Å². The van der Waals surface area contributed by atoms with Crippen molar-refractivity contribution in [1.29, 1.82) is 0 Å². The number of carbonyl (C=O) groups excluding carboxylic acids is 1. The number of methoxy groups -OCH3 is 1. The normalized spacial score (nSPS) is 10.7. The van der Waals surface area contributed by atoms with Crippen molar-refractivity contribution in [1.82, 2.24) is 14.8 Å². The molecule has 2 aromatic carbocycles. The standard InChI is InChI=1S/C19H19BrN4O3S/c1-3-24-18(13-10-12(20)8-9-15(13)25)22-23-19(24)28-11-17(26)21-14-6-4-5-7-16(14)27-2/h4-10,25H,3,11H2,1-2H3,(H,21,26). The van der Waals surface area contributed by atoms with E-state index in [-0.39, 0.29) is 17.4 Å². The Morgan fingerprint density at radius 3 is 2.82 bits per heavy atom. The molecule has 3 aromatic rings. The monoisotopic (exact) mass is 462 g/mol. The van der Waals surface area contributed by atoms with Crippen LogP contribution in [0.25, 0.3) is 11.4 Å². The maximum Gasteiger partial charge on any atom is 0.234 e. The van der Waals surface area contributed by atoms with Crippen LogP contribution in [0, 0.1) is 0 Å². The zero-order valence-electron chi connectivity index (χ0n) is 15.3. The SMILES string of the molecule is CCn1c(SCC(=O)Nc2ccccc2OC)nnc1-c1cc(Br)ccc1O. The van der Waals surface area contributed by atoms with E-state index < -0.39 is 0 Å². The van der Waals surface area contributed by atoms with Crippen LogP contribution in [0.15, 0.2) is 52.1 Å². The molecule has 1 aromatic heterocycles. The van der Waals surface area contributed by atoms with Crippen molar-refractivity contribution < 1.29 is 14.6 Å². The highest BCUT2D eigenvalue weighted by Crippen LogP contribution is 2.32. The molecule has 28 heavy (non-hydrogen) atoms. The number of benzene rings is 2. The molecule has 146 valence electrons. The number of ether oxygens (including phenoxy) is 1. The number of aromatic hydroxyl groups is 1. The summed E-state index contributed by atoms with van der Waals surface area (Å²) < 4.78 is 7.94. The van der Waals surface area contributed by atoms with Crippen LogP contribution in [0.2, 0.25) is 0 Å². The lowest BCUT2D eigenvalue weighted by Crippen LogP contribution is -2.15. The van der Waals surface area contributed by atoms with Gasteiger partial charge in [-0.3, -0.25) is 4.79 Å². The van der Waals surface area contributed by atoms with Crippen LogP contribution in [0.5, 0.6) is 11.5 Å². The number of nitrogens with one attached hydrogen (secondary N) is 1. The molecule has 0 unspecified atom stereocenters. The molecule has 0 aliphatic heterocycles. The highest BCUT2D eigenvalue weighted by atomic mass is 79.9. The van der Waals surface area contributed by atoms with E-state index in [9.17, 15) is 9.90 Å². The Morgan fingerprint density at radius 2 is 2.07 bits per heavy atom. The second kappa shape index (κ2) is 9.11. The number of phenolic OH excluding ortho intramolecular Hbond substituents is 1. The zero-order valence-corrected chi connectivity index (χ0v) is 17.7. The first-order valence-electron chi connectivity index (χ1n) is 8.51. The highest BCUT2D eigenvalue weighted by Gasteiger charge is 2.17. The molecule has 0 aliphatic rings. The highest BCUT2D eigenvalue weighted by molar-refractivity contribution is 9.10.